The van der Waals surface area contributed by atoms with Crippen molar-refractivity contribution in [2.45, 2.75) is 143 Å². The summed E-state index contributed by atoms with van der Waals surface area (Å²) in [4.78, 5) is 95.0. The van der Waals surface area contributed by atoms with Crippen LogP contribution in [-0.4, -0.2) is 132 Å². The standard InChI is InChI=1S/C39H69N7O9/c1-14-24(8)33(45(11)12)37(52)43-28(17-21(2)3)34(49)42-29(18-22(4)5)35(50)44-32(23(6)7)36(51)40-25(9)15-16-31(48)41-26(10)38(53)46-20-27(47)19-30(46)39(54)55-13/h15-16,21-30,32-33,47H,14,17-20H2,1-13H3,(H,40,51)(H,41,48)(H,42,49)(H,43,52)(H,44,50)/b16-15+/t24-,25-,26-,27-,28-,29-,30-,32-,33-/m0/s1. The van der Waals surface area contributed by atoms with Gasteiger partial charge in [-0.1, -0.05) is 67.9 Å². The van der Waals surface area contributed by atoms with Gasteiger partial charge in [0, 0.05) is 25.1 Å². The maximum atomic E-state index is 13.7. The predicted molar refractivity (Wildman–Crippen MR) is 209 cm³/mol. The van der Waals surface area contributed by atoms with Crippen molar-refractivity contribution in [2.75, 3.05) is 27.7 Å². The van der Waals surface area contributed by atoms with E-state index in [0.29, 0.717) is 6.42 Å². The van der Waals surface area contributed by atoms with Gasteiger partial charge in [-0.3, -0.25) is 33.7 Å². The minimum absolute atomic E-state index is 0.00887. The number of carbonyl (C=O) groups excluding carboxylic acids is 7. The second-order valence-electron chi connectivity index (χ2n) is 16.2. The number of rotatable bonds is 21. The van der Waals surface area contributed by atoms with E-state index in [2.05, 4.69) is 26.6 Å². The Bertz CT molecular complexity index is 1350. The molecular weight excluding hydrogens is 710 g/mol. The van der Waals surface area contributed by atoms with Crippen LogP contribution in [0.5, 0.6) is 0 Å². The van der Waals surface area contributed by atoms with Crippen molar-refractivity contribution < 1.29 is 43.4 Å². The summed E-state index contributed by atoms with van der Waals surface area (Å²) in [6.07, 6.45) is 3.16. The third-order valence-electron chi connectivity index (χ3n) is 9.61. The molecule has 0 aliphatic carbocycles. The SMILES string of the molecule is CC[C@H](C)[C@@H](C(=O)N[C@@H](CC(C)C)C(=O)N[C@@H](CC(C)C)C(=O)N[C@H](C(=O)N[C@@H](C)/C=C/C(=O)N[C@@H](C)C(=O)N1C[C@@H](O)C[C@H]1C(=O)OC)C(C)C)N(C)C. The van der Waals surface area contributed by atoms with Crippen LogP contribution in [0.3, 0.4) is 0 Å². The van der Waals surface area contributed by atoms with Gasteiger partial charge in [-0.15, -0.1) is 0 Å². The van der Waals surface area contributed by atoms with E-state index in [1.165, 1.54) is 31.1 Å². The number of nitrogens with one attached hydrogen (secondary N) is 5. The summed E-state index contributed by atoms with van der Waals surface area (Å²) in [5.74, 6) is -3.86. The van der Waals surface area contributed by atoms with Crippen molar-refractivity contribution >= 4 is 41.4 Å². The van der Waals surface area contributed by atoms with Crippen molar-refractivity contribution in [3.8, 4) is 0 Å². The topological polar surface area (TPSA) is 216 Å². The number of esters is 1. The number of hydrogen-bond acceptors (Lipinski definition) is 10. The van der Waals surface area contributed by atoms with Crippen LogP contribution in [0.25, 0.3) is 0 Å². The van der Waals surface area contributed by atoms with Crippen molar-refractivity contribution in [3.63, 3.8) is 0 Å². The minimum atomic E-state index is -1.02. The van der Waals surface area contributed by atoms with Crippen molar-refractivity contribution in [3.05, 3.63) is 12.2 Å². The van der Waals surface area contributed by atoms with E-state index in [1.807, 2.05) is 60.5 Å². The molecule has 0 aromatic carbocycles. The van der Waals surface area contributed by atoms with Gasteiger partial charge < -0.3 is 41.3 Å². The molecular formula is C39H69N7O9. The highest BCUT2D eigenvalue weighted by Gasteiger charge is 2.41. The molecule has 16 heteroatoms. The van der Waals surface area contributed by atoms with Crippen molar-refractivity contribution in [1.82, 2.24) is 36.4 Å². The monoisotopic (exact) mass is 780 g/mol. The average molecular weight is 780 g/mol. The lowest BCUT2D eigenvalue weighted by Crippen LogP contribution is -2.59. The number of likely N-dealkylation sites (tertiary alicyclic amines) is 1. The Hall–Kier alpha value is -4.05. The first-order chi connectivity index (χ1) is 25.5. The van der Waals surface area contributed by atoms with Gasteiger partial charge in [0.15, 0.2) is 0 Å². The van der Waals surface area contributed by atoms with Gasteiger partial charge in [0.25, 0.3) is 0 Å². The molecule has 1 fully saturated rings. The van der Waals surface area contributed by atoms with E-state index in [9.17, 15) is 38.7 Å². The maximum Gasteiger partial charge on any atom is 0.328 e. The zero-order valence-corrected chi connectivity index (χ0v) is 35.2. The minimum Gasteiger partial charge on any atom is -0.467 e. The van der Waals surface area contributed by atoms with Crippen LogP contribution in [0.2, 0.25) is 0 Å². The van der Waals surface area contributed by atoms with Crippen LogP contribution in [-0.2, 0) is 38.3 Å². The molecule has 16 nitrogen and oxygen atoms in total. The van der Waals surface area contributed by atoms with Gasteiger partial charge >= 0.3 is 5.97 Å². The van der Waals surface area contributed by atoms with Gasteiger partial charge in [-0.05, 0) is 64.5 Å². The van der Waals surface area contributed by atoms with Crippen LogP contribution in [0.15, 0.2) is 12.2 Å². The number of carbonyl (C=O) groups is 7. The maximum absolute atomic E-state index is 13.7. The van der Waals surface area contributed by atoms with Gasteiger partial charge in [-0.25, -0.2) is 4.79 Å². The van der Waals surface area contributed by atoms with Gasteiger partial charge in [0.2, 0.25) is 35.4 Å². The van der Waals surface area contributed by atoms with E-state index >= 15 is 0 Å². The summed E-state index contributed by atoms with van der Waals surface area (Å²) in [6.45, 7) is 18.3. The third-order valence-corrected chi connectivity index (χ3v) is 9.61. The van der Waals surface area contributed by atoms with Crippen LogP contribution in [0, 0.1) is 23.7 Å². The number of hydrogen-bond donors (Lipinski definition) is 6. The lowest BCUT2D eigenvalue weighted by atomic mass is 9.95. The molecule has 0 aromatic rings. The fourth-order valence-electron chi connectivity index (χ4n) is 6.53. The largest absolute Gasteiger partial charge is 0.467 e. The highest BCUT2D eigenvalue weighted by Crippen LogP contribution is 2.20. The number of methoxy groups -OCH3 is 1. The van der Waals surface area contributed by atoms with Gasteiger partial charge in [0.05, 0.1) is 19.3 Å². The molecule has 6 amide bonds. The van der Waals surface area contributed by atoms with Crippen LogP contribution >= 0.6 is 0 Å². The fraction of sp³-hybridized carbons (Fsp3) is 0.769. The predicted octanol–water partition coefficient (Wildman–Crippen LogP) is 0.866. The number of aliphatic hydroxyl groups is 1. The molecule has 55 heavy (non-hydrogen) atoms. The molecule has 0 bridgehead atoms. The van der Waals surface area contributed by atoms with E-state index in [0.717, 1.165) is 6.42 Å². The Morgan fingerprint density at radius 2 is 1.31 bits per heavy atom. The summed E-state index contributed by atoms with van der Waals surface area (Å²) in [5, 5.41) is 23.9. The molecule has 314 valence electrons. The smallest absolute Gasteiger partial charge is 0.328 e. The summed E-state index contributed by atoms with van der Waals surface area (Å²) >= 11 is 0. The lowest BCUT2D eigenvalue weighted by molar-refractivity contribution is -0.151. The molecule has 0 aromatic heterocycles. The zero-order valence-electron chi connectivity index (χ0n) is 35.2. The highest BCUT2D eigenvalue weighted by atomic mass is 16.5. The molecule has 0 saturated carbocycles. The average Bonchev–Trinajstić information content (AvgIpc) is 3.48. The zero-order chi connectivity index (χ0) is 42.3. The summed E-state index contributed by atoms with van der Waals surface area (Å²) < 4.78 is 4.74. The van der Waals surface area contributed by atoms with Crippen molar-refractivity contribution in [1.29, 1.82) is 0 Å². The Morgan fingerprint density at radius 3 is 1.78 bits per heavy atom. The number of ether oxygens (including phenoxy) is 1. The first-order valence-electron chi connectivity index (χ1n) is 19.5. The van der Waals surface area contributed by atoms with Gasteiger partial charge in [-0.2, -0.15) is 0 Å². The molecule has 6 N–H and O–H groups in total. The Labute approximate surface area is 327 Å². The molecule has 0 spiro atoms. The normalized spacial score (nSPS) is 19.7. The Kier molecular flexibility index (Phi) is 20.6. The quantitative estimate of drug-likeness (QED) is 0.0714. The molecule has 0 radical (unpaired) electrons. The Morgan fingerprint density at radius 1 is 0.782 bits per heavy atom. The first kappa shape index (κ1) is 49.0. The molecule has 1 aliphatic rings. The van der Waals surface area contributed by atoms with Crippen molar-refractivity contribution in [2.24, 2.45) is 23.7 Å². The Balaban J connectivity index is 3.00. The van der Waals surface area contributed by atoms with Crippen LogP contribution in [0.1, 0.15) is 94.9 Å². The lowest BCUT2D eigenvalue weighted by Gasteiger charge is -2.31. The molecule has 1 heterocycles. The summed E-state index contributed by atoms with van der Waals surface area (Å²) in [7, 11) is 4.84. The molecule has 0 unspecified atom stereocenters. The highest BCUT2D eigenvalue weighted by molar-refractivity contribution is 5.96. The molecule has 1 rings (SSSR count). The molecule has 9 atom stereocenters. The van der Waals surface area contributed by atoms with Crippen LogP contribution in [0.4, 0.5) is 0 Å². The molecule has 1 saturated heterocycles. The number of aliphatic hydroxyl groups excluding tert-OH is 1. The number of nitrogens with zero attached hydrogens (tertiary/aromatic N) is 2. The first-order valence-corrected chi connectivity index (χ1v) is 19.5. The summed E-state index contributed by atoms with van der Waals surface area (Å²) in [5.41, 5.74) is 0. The fourth-order valence-corrected chi connectivity index (χ4v) is 6.53. The second-order valence-corrected chi connectivity index (χ2v) is 16.2. The summed E-state index contributed by atoms with van der Waals surface area (Å²) in [6, 6.07) is -5.91. The number of amides is 6. The third kappa shape index (κ3) is 15.9. The van der Waals surface area contributed by atoms with E-state index in [4.69, 9.17) is 4.74 Å². The number of likely N-dealkylation sites (N-methyl/N-ethyl adjacent to an activating group) is 1. The van der Waals surface area contributed by atoms with Crippen LogP contribution < -0.4 is 26.6 Å². The van der Waals surface area contributed by atoms with E-state index in [1.54, 1.807) is 20.8 Å². The number of β-amino-alcohol motifs (C(OH)–C–C–N with tert-alkyl or cyclic N) is 1. The van der Waals surface area contributed by atoms with E-state index < -0.39 is 83.9 Å². The second kappa shape index (κ2) is 23.1. The van der Waals surface area contributed by atoms with Gasteiger partial charge in [0.1, 0.15) is 30.2 Å². The molecule has 1 aliphatic heterocycles. The van der Waals surface area contributed by atoms with E-state index in [-0.39, 0.29) is 49.0 Å².